The number of nitrogens with one attached hydrogen (secondary N) is 1. The predicted octanol–water partition coefficient (Wildman–Crippen LogP) is 5.34. The molecule has 1 fully saturated rings. The van der Waals surface area contributed by atoms with Crippen LogP contribution >= 0.6 is 15.9 Å². The first-order chi connectivity index (χ1) is 15.6. The van der Waals surface area contributed by atoms with E-state index in [0.29, 0.717) is 57.4 Å². The van der Waals surface area contributed by atoms with Gasteiger partial charge in [0.15, 0.2) is 11.5 Å². The van der Waals surface area contributed by atoms with E-state index in [1.54, 1.807) is 31.4 Å². The summed E-state index contributed by atoms with van der Waals surface area (Å²) in [5, 5.41) is 3.72. The van der Waals surface area contributed by atoms with Gasteiger partial charge in [-0.05, 0) is 43.7 Å². The molecule has 0 amide bonds. The van der Waals surface area contributed by atoms with Gasteiger partial charge in [-0.1, -0.05) is 15.9 Å². The van der Waals surface area contributed by atoms with Gasteiger partial charge < -0.3 is 19.7 Å². The third kappa shape index (κ3) is 5.27. The molecule has 2 heterocycles. The molecular formula is C23H25BrF2N4O2. The van der Waals surface area contributed by atoms with Crippen LogP contribution in [0.1, 0.15) is 12.8 Å². The second-order valence-corrected chi connectivity index (χ2v) is 8.72. The number of nitrogens with zero attached hydrogens (tertiary/aromatic N) is 3. The summed E-state index contributed by atoms with van der Waals surface area (Å²) < 4.78 is 39.3. The van der Waals surface area contributed by atoms with Crippen molar-refractivity contribution < 1.29 is 18.3 Å². The van der Waals surface area contributed by atoms with Crippen LogP contribution in [0.25, 0.3) is 10.9 Å². The van der Waals surface area contributed by atoms with Gasteiger partial charge in [0.1, 0.15) is 24.6 Å². The van der Waals surface area contributed by atoms with E-state index in [9.17, 15) is 8.78 Å². The number of benzene rings is 2. The molecule has 1 saturated heterocycles. The Morgan fingerprint density at radius 3 is 2.88 bits per heavy atom. The molecule has 0 unspecified atom stereocenters. The topological polar surface area (TPSA) is 59.5 Å². The minimum atomic E-state index is -0.396. The molecule has 0 saturated carbocycles. The number of fused-ring (bicyclic) bond motifs is 1. The number of piperidine rings is 1. The summed E-state index contributed by atoms with van der Waals surface area (Å²) in [5.74, 6) is 1.53. The maximum absolute atomic E-state index is 14.3. The van der Waals surface area contributed by atoms with Gasteiger partial charge in [-0.2, -0.15) is 0 Å². The number of likely N-dealkylation sites (tertiary alicyclic amines) is 1. The fraction of sp³-hybridized carbons (Fsp3) is 0.391. The number of rotatable bonds is 8. The quantitative estimate of drug-likeness (QED) is 0.445. The van der Waals surface area contributed by atoms with Gasteiger partial charge in [0.25, 0.3) is 0 Å². The molecule has 1 atom stereocenters. The lowest BCUT2D eigenvalue weighted by Crippen LogP contribution is -2.38. The van der Waals surface area contributed by atoms with Crippen LogP contribution in [0.2, 0.25) is 0 Å². The highest BCUT2D eigenvalue weighted by molar-refractivity contribution is 9.10. The van der Waals surface area contributed by atoms with Crippen LogP contribution in [0.4, 0.5) is 20.3 Å². The predicted molar refractivity (Wildman–Crippen MR) is 124 cm³/mol. The van der Waals surface area contributed by atoms with Crippen molar-refractivity contribution in [3.8, 4) is 11.5 Å². The Labute approximate surface area is 194 Å². The molecular weight excluding hydrogens is 481 g/mol. The van der Waals surface area contributed by atoms with Crippen LogP contribution in [0.3, 0.4) is 0 Å². The van der Waals surface area contributed by atoms with Gasteiger partial charge in [-0.25, -0.2) is 18.7 Å². The van der Waals surface area contributed by atoms with Crippen molar-refractivity contribution in [1.82, 2.24) is 14.9 Å². The number of halogens is 3. The van der Waals surface area contributed by atoms with Crippen LogP contribution in [0.15, 0.2) is 41.1 Å². The molecule has 170 valence electrons. The highest BCUT2D eigenvalue weighted by Gasteiger charge is 2.21. The summed E-state index contributed by atoms with van der Waals surface area (Å²) in [7, 11) is 1.57. The lowest BCUT2D eigenvalue weighted by atomic mass is 9.99. The first-order valence-electron chi connectivity index (χ1n) is 10.5. The molecule has 4 rings (SSSR count). The van der Waals surface area contributed by atoms with E-state index < -0.39 is 5.82 Å². The smallest absolute Gasteiger partial charge is 0.163 e. The van der Waals surface area contributed by atoms with E-state index in [0.717, 1.165) is 25.9 Å². The standard InChI is InChI=1S/C23H25BrF2N4O2/c1-31-21-10-17-20(11-22(21)32-13-15-3-2-7-30(12-15)8-6-25)27-14-28-23(17)29-19-5-4-16(24)9-18(19)26/h4-5,9-11,14-15H,2-3,6-8,12-13H2,1H3,(H,27,28,29)/t15-/m1/s1/i25-1. The van der Waals surface area contributed by atoms with Crippen molar-refractivity contribution >= 4 is 38.3 Å². The van der Waals surface area contributed by atoms with Crippen molar-refractivity contribution in [2.75, 3.05) is 45.3 Å². The van der Waals surface area contributed by atoms with Crippen LogP contribution in [-0.2, 0) is 0 Å². The molecule has 32 heavy (non-hydrogen) atoms. The average Bonchev–Trinajstić information content (AvgIpc) is 2.79. The normalized spacial score (nSPS) is 16.8. The molecule has 0 bridgehead atoms. The van der Waals surface area contributed by atoms with Crippen molar-refractivity contribution in [3.05, 3.63) is 46.9 Å². The molecule has 0 aliphatic carbocycles. The van der Waals surface area contributed by atoms with E-state index >= 15 is 0 Å². The van der Waals surface area contributed by atoms with E-state index in [1.165, 1.54) is 12.4 Å². The lowest BCUT2D eigenvalue weighted by molar-refractivity contribution is 0.123. The minimum Gasteiger partial charge on any atom is -0.493 e. The number of aromatic nitrogens is 2. The Kier molecular flexibility index (Phi) is 7.36. The van der Waals surface area contributed by atoms with Crippen molar-refractivity contribution in [2.45, 2.75) is 12.8 Å². The Morgan fingerprint density at radius 2 is 2.09 bits per heavy atom. The van der Waals surface area contributed by atoms with Crippen molar-refractivity contribution in [1.29, 1.82) is 0 Å². The van der Waals surface area contributed by atoms with Gasteiger partial charge in [-0.15, -0.1) is 0 Å². The molecule has 1 N–H and O–H groups in total. The zero-order valence-corrected chi connectivity index (χ0v) is 19.4. The summed E-state index contributed by atoms with van der Waals surface area (Å²) in [6, 6.07) is 8.37. The average molecular weight is 506 g/mol. The largest absolute Gasteiger partial charge is 0.493 e. The van der Waals surface area contributed by atoms with Crippen molar-refractivity contribution in [2.24, 2.45) is 5.92 Å². The first-order valence-corrected chi connectivity index (χ1v) is 11.3. The van der Waals surface area contributed by atoms with E-state index in [1.807, 2.05) is 0 Å². The maximum Gasteiger partial charge on any atom is 0.163 e. The fourth-order valence-electron chi connectivity index (χ4n) is 3.97. The number of hydrogen-bond acceptors (Lipinski definition) is 6. The summed E-state index contributed by atoms with van der Waals surface area (Å²) >= 11 is 3.26. The van der Waals surface area contributed by atoms with Crippen LogP contribution in [-0.4, -0.2) is 54.9 Å². The molecule has 9 heteroatoms. The fourth-order valence-corrected chi connectivity index (χ4v) is 4.31. The number of alkyl halides is 1. The number of methoxy groups -OCH3 is 1. The lowest BCUT2D eigenvalue weighted by Gasteiger charge is -2.31. The van der Waals surface area contributed by atoms with Gasteiger partial charge >= 0.3 is 0 Å². The zero-order chi connectivity index (χ0) is 22.5. The van der Waals surface area contributed by atoms with Gasteiger partial charge in [0, 0.05) is 34.9 Å². The number of ether oxygens (including phenoxy) is 2. The van der Waals surface area contributed by atoms with Crippen LogP contribution in [0, 0.1) is 11.7 Å². The molecule has 6 nitrogen and oxygen atoms in total. The Morgan fingerprint density at radius 1 is 1.22 bits per heavy atom. The monoisotopic (exact) mass is 505 g/mol. The van der Waals surface area contributed by atoms with Crippen LogP contribution in [0.5, 0.6) is 11.5 Å². The summed E-state index contributed by atoms with van der Waals surface area (Å²) in [5.41, 5.74) is 0.959. The van der Waals surface area contributed by atoms with Gasteiger partial charge in [-0.3, -0.25) is 0 Å². The second-order valence-electron chi connectivity index (χ2n) is 7.80. The first kappa shape index (κ1) is 22.7. The second kappa shape index (κ2) is 10.4. The van der Waals surface area contributed by atoms with E-state index in [-0.39, 0.29) is 6.67 Å². The number of hydrogen-bond donors (Lipinski definition) is 1. The summed E-state index contributed by atoms with van der Waals surface area (Å²) in [4.78, 5) is 10.8. The molecule has 0 spiro atoms. The Bertz CT molecular complexity index is 1080. The highest BCUT2D eigenvalue weighted by Crippen LogP contribution is 2.35. The Hall–Kier alpha value is -2.52. The van der Waals surface area contributed by atoms with Gasteiger partial charge in [0.05, 0.1) is 24.9 Å². The minimum absolute atomic E-state index is 0.308. The maximum atomic E-state index is 14.3. The highest BCUT2D eigenvalue weighted by atomic mass is 79.9. The van der Waals surface area contributed by atoms with Crippen LogP contribution < -0.4 is 14.8 Å². The molecule has 0 radical (unpaired) electrons. The SMILES string of the molecule is COc1cc2c(Nc3ccc(Br)cc3F)ncnc2cc1OC[C@@H]1CCCN(CC[18F])C1. The molecule has 3 aromatic rings. The third-order valence-electron chi connectivity index (χ3n) is 5.58. The molecule has 1 aliphatic heterocycles. The molecule has 1 aliphatic rings. The number of anilines is 2. The van der Waals surface area contributed by atoms with Crippen molar-refractivity contribution in [3.63, 3.8) is 0 Å². The summed E-state index contributed by atoms with van der Waals surface area (Å²) in [6.07, 6.45) is 3.51. The van der Waals surface area contributed by atoms with E-state index in [4.69, 9.17) is 9.47 Å². The third-order valence-corrected chi connectivity index (χ3v) is 6.08. The Balaban J connectivity index is 1.55. The van der Waals surface area contributed by atoms with Gasteiger partial charge in [0.2, 0.25) is 0 Å². The zero-order valence-electron chi connectivity index (χ0n) is 17.8. The summed E-state index contributed by atoms with van der Waals surface area (Å²) in [6.45, 7) is 2.43. The molecule has 2 aromatic carbocycles. The van der Waals surface area contributed by atoms with E-state index in [2.05, 4.69) is 36.1 Å². The molecule has 1 aromatic heterocycles.